The lowest BCUT2D eigenvalue weighted by Gasteiger charge is -2.09. The molecule has 1 saturated heterocycles. The molecule has 0 saturated carbocycles. The van der Waals surface area contributed by atoms with Gasteiger partial charge in [-0.05, 0) is 37.0 Å². The monoisotopic (exact) mass is 174 g/mol. The molecule has 0 radical (unpaired) electrons. The largest absolute Gasteiger partial charge is 0.361 e. The van der Waals surface area contributed by atoms with Crippen molar-refractivity contribution in [3.8, 4) is 0 Å². The maximum absolute atomic E-state index is 3.12. The number of hydrogen-bond acceptors (Lipinski definition) is 1. The lowest BCUT2D eigenvalue weighted by Crippen LogP contribution is -2.29. The van der Waals surface area contributed by atoms with Crippen molar-refractivity contribution in [2.24, 2.45) is 0 Å². The van der Waals surface area contributed by atoms with Crippen molar-refractivity contribution in [3.05, 3.63) is 36.5 Å². The Hall–Kier alpha value is -1.28. The molecule has 68 valence electrons. The smallest absolute Gasteiger partial charge is 0.0453 e. The Morgan fingerprint density at radius 1 is 1.00 bits per heavy atom. The molecule has 1 aromatic heterocycles. The van der Waals surface area contributed by atoms with E-state index in [1.165, 1.54) is 30.4 Å². The predicted octanol–water partition coefficient (Wildman–Crippen LogP) is 2.15. The van der Waals surface area contributed by atoms with Crippen LogP contribution >= 0.6 is 0 Å². The van der Waals surface area contributed by atoms with Gasteiger partial charge in [0.1, 0.15) is 0 Å². The van der Waals surface area contributed by atoms with E-state index in [1.807, 2.05) is 18.3 Å². The molecular formula is C11H14N2. The molecular weight excluding hydrogens is 160 g/mol. The first-order valence-electron chi connectivity index (χ1n) is 4.70. The van der Waals surface area contributed by atoms with Gasteiger partial charge >= 0.3 is 0 Å². The minimum atomic E-state index is 1.21. The molecule has 2 heteroatoms. The SMILES string of the molecule is C1CNC1.c1ccc2[nH]ccc2c1. The van der Waals surface area contributed by atoms with Crippen LogP contribution in [0.4, 0.5) is 0 Å². The molecule has 3 rings (SSSR count). The number of para-hydroxylation sites is 1. The normalized spacial score (nSPS) is 14.5. The van der Waals surface area contributed by atoms with Gasteiger partial charge in [-0.3, -0.25) is 0 Å². The van der Waals surface area contributed by atoms with Gasteiger partial charge in [0.05, 0.1) is 0 Å². The van der Waals surface area contributed by atoms with Gasteiger partial charge in [-0.2, -0.15) is 0 Å². The summed E-state index contributed by atoms with van der Waals surface area (Å²) >= 11 is 0. The Morgan fingerprint density at radius 3 is 2.31 bits per heavy atom. The zero-order valence-electron chi connectivity index (χ0n) is 7.59. The van der Waals surface area contributed by atoms with E-state index in [-0.39, 0.29) is 0 Å². The molecule has 1 aromatic carbocycles. The summed E-state index contributed by atoms with van der Waals surface area (Å²) in [7, 11) is 0. The fourth-order valence-corrected chi connectivity index (χ4v) is 1.17. The summed E-state index contributed by atoms with van der Waals surface area (Å²) in [6.07, 6.45) is 3.34. The number of fused-ring (bicyclic) bond motifs is 1. The van der Waals surface area contributed by atoms with Crippen LogP contribution in [-0.4, -0.2) is 18.1 Å². The molecule has 2 aromatic rings. The number of benzene rings is 1. The Bertz CT molecular complexity index is 327. The minimum Gasteiger partial charge on any atom is -0.361 e. The average Bonchev–Trinajstić information content (AvgIpc) is 2.47. The highest BCUT2D eigenvalue weighted by molar-refractivity contribution is 5.78. The zero-order chi connectivity index (χ0) is 8.93. The highest BCUT2D eigenvalue weighted by atomic mass is 14.9. The van der Waals surface area contributed by atoms with Gasteiger partial charge in [0.2, 0.25) is 0 Å². The van der Waals surface area contributed by atoms with E-state index in [0.717, 1.165) is 0 Å². The van der Waals surface area contributed by atoms with E-state index < -0.39 is 0 Å². The summed E-state index contributed by atoms with van der Waals surface area (Å²) in [6, 6.07) is 10.3. The van der Waals surface area contributed by atoms with E-state index in [0.29, 0.717) is 0 Å². The molecule has 13 heavy (non-hydrogen) atoms. The Balaban J connectivity index is 0.000000137. The van der Waals surface area contributed by atoms with Crippen LogP contribution in [0.3, 0.4) is 0 Å². The van der Waals surface area contributed by atoms with Gasteiger partial charge in [0.25, 0.3) is 0 Å². The van der Waals surface area contributed by atoms with E-state index in [2.05, 4.69) is 28.5 Å². The van der Waals surface area contributed by atoms with Crippen LogP contribution in [0.25, 0.3) is 10.9 Å². The van der Waals surface area contributed by atoms with Gasteiger partial charge < -0.3 is 10.3 Å². The first kappa shape index (κ1) is 8.32. The Labute approximate surface area is 78.0 Å². The Kier molecular flexibility index (Phi) is 2.62. The van der Waals surface area contributed by atoms with E-state index in [9.17, 15) is 0 Å². The third-order valence-electron chi connectivity index (χ3n) is 2.17. The third kappa shape index (κ3) is 2.10. The number of hydrogen-bond donors (Lipinski definition) is 2. The Morgan fingerprint density at radius 2 is 1.69 bits per heavy atom. The number of rotatable bonds is 0. The van der Waals surface area contributed by atoms with Crippen molar-refractivity contribution in [2.45, 2.75) is 6.42 Å². The standard InChI is InChI=1S/C8H7N.C3H7N/c1-2-4-8-7(3-1)5-6-9-8;1-2-4-3-1/h1-6,9H;4H,1-3H2. The molecule has 0 unspecified atom stereocenters. The molecule has 0 atom stereocenters. The van der Waals surface area contributed by atoms with Crippen LogP contribution in [0.2, 0.25) is 0 Å². The number of H-pyrrole nitrogens is 1. The van der Waals surface area contributed by atoms with Gasteiger partial charge in [-0.1, -0.05) is 18.2 Å². The zero-order valence-corrected chi connectivity index (χ0v) is 7.59. The van der Waals surface area contributed by atoms with Crippen molar-refractivity contribution in [3.63, 3.8) is 0 Å². The highest BCUT2D eigenvalue weighted by Crippen LogP contribution is 2.09. The molecule has 1 fully saturated rings. The van der Waals surface area contributed by atoms with Crippen LogP contribution in [-0.2, 0) is 0 Å². The lowest BCUT2D eigenvalue weighted by atomic mass is 10.3. The summed E-state index contributed by atoms with van der Waals surface area (Å²) in [5, 5.41) is 4.39. The highest BCUT2D eigenvalue weighted by Gasteiger charge is 1.92. The third-order valence-corrected chi connectivity index (χ3v) is 2.17. The summed E-state index contributed by atoms with van der Waals surface area (Å²) < 4.78 is 0. The van der Waals surface area contributed by atoms with Crippen molar-refractivity contribution >= 4 is 10.9 Å². The van der Waals surface area contributed by atoms with Crippen LogP contribution in [0.1, 0.15) is 6.42 Å². The second kappa shape index (κ2) is 4.10. The van der Waals surface area contributed by atoms with Crippen molar-refractivity contribution < 1.29 is 0 Å². The van der Waals surface area contributed by atoms with Gasteiger partial charge in [-0.15, -0.1) is 0 Å². The maximum Gasteiger partial charge on any atom is 0.0453 e. The quantitative estimate of drug-likeness (QED) is 0.629. The van der Waals surface area contributed by atoms with Gasteiger partial charge in [-0.25, -0.2) is 0 Å². The molecule has 2 heterocycles. The fourth-order valence-electron chi connectivity index (χ4n) is 1.17. The maximum atomic E-state index is 3.12. The molecule has 0 aliphatic carbocycles. The van der Waals surface area contributed by atoms with E-state index in [4.69, 9.17) is 0 Å². The van der Waals surface area contributed by atoms with Gasteiger partial charge in [0.15, 0.2) is 0 Å². The van der Waals surface area contributed by atoms with Crippen LogP contribution in [0, 0.1) is 0 Å². The van der Waals surface area contributed by atoms with E-state index >= 15 is 0 Å². The van der Waals surface area contributed by atoms with Crippen molar-refractivity contribution in [2.75, 3.05) is 13.1 Å². The first-order valence-corrected chi connectivity index (χ1v) is 4.70. The molecule has 2 N–H and O–H groups in total. The van der Waals surface area contributed by atoms with Gasteiger partial charge in [0, 0.05) is 11.7 Å². The molecule has 1 aliphatic heterocycles. The predicted molar refractivity (Wildman–Crippen MR) is 55.8 cm³/mol. The van der Waals surface area contributed by atoms with Crippen LogP contribution < -0.4 is 5.32 Å². The fraction of sp³-hybridized carbons (Fsp3) is 0.273. The minimum absolute atomic E-state index is 1.21. The summed E-state index contributed by atoms with van der Waals surface area (Å²) in [5.74, 6) is 0. The summed E-state index contributed by atoms with van der Waals surface area (Å²) in [4.78, 5) is 3.12. The number of aromatic nitrogens is 1. The molecule has 0 spiro atoms. The second-order valence-electron chi connectivity index (χ2n) is 3.17. The second-order valence-corrected chi connectivity index (χ2v) is 3.17. The lowest BCUT2D eigenvalue weighted by molar-refractivity contribution is 0.527. The topological polar surface area (TPSA) is 27.8 Å². The van der Waals surface area contributed by atoms with Crippen LogP contribution in [0.5, 0.6) is 0 Å². The average molecular weight is 174 g/mol. The van der Waals surface area contributed by atoms with Crippen molar-refractivity contribution in [1.29, 1.82) is 0 Å². The molecule has 0 amide bonds. The number of nitrogens with one attached hydrogen (secondary N) is 2. The van der Waals surface area contributed by atoms with Crippen molar-refractivity contribution in [1.82, 2.24) is 10.3 Å². The first-order chi connectivity index (χ1) is 6.47. The summed E-state index contributed by atoms with van der Waals surface area (Å²) in [5.41, 5.74) is 1.21. The number of aromatic amines is 1. The molecule has 2 nitrogen and oxygen atoms in total. The summed E-state index contributed by atoms with van der Waals surface area (Å²) in [6.45, 7) is 2.50. The van der Waals surface area contributed by atoms with Crippen LogP contribution in [0.15, 0.2) is 36.5 Å². The van der Waals surface area contributed by atoms with E-state index in [1.54, 1.807) is 0 Å². The molecule has 1 aliphatic rings. The molecule has 0 bridgehead atoms.